The number of aromatic amines is 1. The predicted molar refractivity (Wildman–Crippen MR) is 104 cm³/mol. The standard InChI is InChI=1S/C21H23N3O5/c1-12(18-22-16-9-5-4-8-15(16)19(26)23-18)29-17(25)10-11-24-20(27)13-6-2-3-7-14(13)21(24)28/h4-5,8-9,12-14H,2-3,6-7,10-11H2,1H3,(H,22,23,26)/t12-,13-,14+/m0/s1. The minimum absolute atomic E-state index is 0.0257. The Morgan fingerprint density at radius 2 is 1.83 bits per heavy atom. The van der Waals surface area contributed by atoms with Gasteiger partial charge in [0, 0.05) is 6.54 Å². The number of hydrogen-bond donors (Lipinski definition) is 1. The van der Waals surface area contributed by atoms with Crippen molar-refractivity contribution in [2.75, 3.05) is 6.54 Å². The molecule has 0 radical (unpaired) electrons. The molecule has 3 atom stereocenters. The molecule has 1 aliphatic carbocycles. The number of amides is 2. The van der Waals surface area contributed by atoms with Gasteiger partial charge in [-0.05, 0) is 31.9 Å². The first-order valence-electron chi connectivity index (χ1n) is 9.99. The topological polar surface area (TPSA) is 109 Å². The van der Waals surface area contributed by atoms with Crippen molar-refractivity contribution >= 4 is 28.7 Å². The van der Waals surface area contributed by atoms with Crippen LogP contribution >= 0.6 is 0 Å². The molecule has 0 unspecified atom stereocenters. The van der Waals surface area contributed by atoms with Crippen LogP contribution in [0.3, 0.4) is 0 Å². The average Bonchev–Trinajstić information content (AvgIpc) is 2.97. The lowest BCUT2D eigenvalue weighted by molar-refractivity contribution is -0.150. The molecule has 2 aliphatic rings. The third-order valence-electron chi connectivity index (χ3n) is 5.80. The molecule has 1 saturated heterocycles. The van der Waals surface area contributed by atoms with E-state index in [9.17, 15) is 19.2 Å². The molecule has 8 nitrogen and oxygen atoms in total. The average molecular weight is 397 g/mol. The smallest absolute Gasteiger partial charge is 0.308 e. The van der Waals surface area contributed by atoms with Crippen LogP contribution in [0.25, 0.3) is 10.9 Å². The van der Waals surface area contributed by atoms with Crippen molar-refractivity contribution in [2.45, 2.75) is 45.1 Å². The molecule has 2 heterocycles. The fourth-order valence-electron chi connectivity index (χ4n) is 4.26. The minimum atomic E-state index is -0.757. The summed E-state index contributed by atoms with van der Waals surface area (Å²) < 4.78 is 5.37. The second-order valence-electron chi connectivity index (χ2n) is 7.68. The molecule has 4 rings (SSSR count). The second-order valence-corrected chi connectivity index (χ2v) is 7.68. The van der Waals surface area contributed by atoms with E-state index in [-0.39, 0.29) is 48.0 Å². The number of carbonyl (C=O) groups is 3. The van der Waals surface area contributed by atoms with Crippen molar-refractivity contribution in [1.82, 2.24) is 14.9 Å². The quantitative estimate of drug-likeness (QED) is 0.611. The fraction of sp³-hybridized carbons (Fsp3) is 0.476. The third kappa shape index (κ3) is 3.66. The highest BCUT2D eigenvalue weighted by atomic mass is 16.5. The minimum Gasteiger partial charge on any atom is -0.454 e. The van der Waals surface area contributed by atoms with E-state index in [0.29, 0.717) is 10.9 Å². The number of ether oxygens (including phenoxy) is 1. The summed E-state index contributed by atoms with van der Waals surface area (Å²) in [5.74, 6) is -1.08. The van der Waals surface area contributed by atoms with Gasteiger partial charge < -0.3 is 9.72 Å². The van der Waals surface area contributed by atoms with Gasteiger partial charge >= 0.3 is 5.97 Å². The van der Waals surface area contributed by atoms with E-state index in [4.69, 9.17) is 4.74 Å². The van der Waals surface area contributed by atoms with Crippen molar-refractivity contribution in [3.8, 4) is 0 Å². The SMILES string of the molecule is C[C@H](OC(=O)CCN1C(=O)[C@H]2CCCC[C@H]2C1=O)c1nc2ccccc2c(=O)[nH]1. The molecule has 1 aromatic heterocycles. The highest BCUT2D eigenvalue weighted by Gasteiger charge is 2.47. The number of imide groups is 1. The van der Waals surface area contributed by atoms with Crippen molar-refractivity contribution in [3.05, 3.63) is 40.4 Å². The Morgan fingerprint density at radius 3 is 2.52 bits per heavy atom. The molecular formula is C21H23N3O5. The van der Waals surface area contributed by atoms with Gasteiger partial charge in [0.25, 0.3) is 5.56 Å². The Balaban J connectivity index is 1.38. The van der Waals surface area contributed by atoms with Gasteiger partial charge in [0.05, 0.1) is 29.2 Å². The van der Waals surface area contributed by atoms with Crippen LogP contribution in [-0.4, -0.2) is 39.2 Å². The van der Waals surface area contributed by atoms with Gasteiger partial charge in [0.15, 0.2) is 11.9 Å². The Kier molecular flexibility index (Phi) is 5.17. The van der Waals surface area contributed by atoms with Gasteiger partial charge in [-0.15, -0.1) is 0 Å². The first-order chi connectivity index (χ1) is 14.0. The normalized spacial score (nSPS) is 22.6. The highest BCUT2D eigenvalue weighted by Crippen LogP contribution is 2.38. The molecule has 29 heavy (non-hydrogen) atoms. The van der Waals surface area contributed by atoms with E-state index in [2.05, 4.69) is 9.97 Å². The van der Waals surface area contributed by atoms with Crippen LogP contribution in [0, 0.1) is 11.8 Å². The van der Waals surface area contributed by atoms with Crippen LogP contribution in [-0.2, 0) is 19.1 Å². The molecule has 2 aromatic rings. The largest absolute Gasteiger partial charge is 0.454 e. The molecule has 1 aliphatic heterocycles. The molecule has 2 fully saturated rings. The lowest BCUT2D eigenvalue weighted by Crippen LogP contribution is -2.33. The Hall–Kier alpha value is -3.03. The molecule has 1 aromatic carbocycles. The van der Waals surface area contributed by atoms with Gasteiger partial charge in [-0.1, -0.05) is 25.0 Å². The zero-order chi connectivity index (χ0) is 20.5. The Bertz CT molecular complexity index is 1010. The zero-order valence-electron chi connectivity index (χ0n) is 16.2. The summed E-state index contributed by atoms with van der Waals surface area (Å²) in [6.07, 6.45) is 2.57. The third-order valence-corrected chi connectivity index (χ3v) is 5.80. The fourth-order valence-corrected chi connectivity index (χ4v) is 4.26. The number of benzene rings is 1. The second kappa shape index (κ2) is 7.77. The van der Waals surface area contributed by atoms with E-state index < -0.39 is 12.1 Å². The lowest BCUT2D eigenvalue weighted by atomic mass is 9.81. The summed E-state index contributed by atoms with van der Waals surface area (Å²) in [7, 11) is 0. The van der Waals surface area contributed by atoms with Crippen LogP contribution in [0.4, 0.5) is 0 Å². The maximum absolute atomic E-state index is 12.5. The first-order valence-corrected chi connectivity index (χ1v) is 9.99. The number of rotatable bonds is 5. The number of aromatic nitrogens is 2. The summed E-state index contributed by atoms with van der Waals surface area (Å²) in [6.45, 7) is 1.64. The number of likely N-dealkylation sites (tertiary alicyclic amines) is 1. The van der Waals surface area contributed by atoms with Crippen LogP contribution in [0.5, 0.6) is 0 Å². The molecule has 1 saturated carbocycles. The van der Waals surface area contributed by atoms with Gasteiger partial charge in [0.2, 0.25) is 11.8 Å². The van der Waals surface area contributed by atoms with E-state index >= 15 is 0 Å². The predicted octanol–water partition coefficient (Wildman–Crippen LogP) is 2.09. The number of fused-ring (bicyclic) bond motifs is 2. The van der Waals surface area contributed by atoms with E-state index in [1.54, 1.807) is 31.2 Å². The summed E-state index contributed by atoms with van der Waals surface area (Å²) >= 11 is 0. The van der Waals surface area contributed by atoms with Crippen LogP contribution in [0.1, 0.15) is 51.0 Å². The van der Waals surface area contributed by atoms with Crippen molar-refractivity contribution < 1.29 is 19.1 Å². The van der Waals surface area contributed by atoms with Crippen LogP contribution < -0.4 is 5.56 Å². The van der Waals surface area contributed by atoms with Crippen molar-refractivity contribution in [3.63, 3.8) is 0 Å². The number of nitrogens with one attached hydrogen (secondary N) is 1. The molecule has 2 amide bonds. The Labute approximate surface area is 167 Å². The molecule has 1 N–H and O–H groups in total. The van der Waals surface area contributed by atoms with Crippen molar-refractivity contribution in [2.24, 2.45) is 11.8 Å². The van der Waals surface area contributed by atoms with E-state index in [1.165, 1.54) is 4.90 Å². The molecule has 8 heteroatoms. The van der Waals surface area contributed by atoms with E-state index in [1.807, 2.05) is 0 Å². The number of esters is 1. The maximum Gasteiger partial charge on any atom is 0.308 e. The first kappa shape index (κ1) is 19.3. The Morgan fingerprint density at radius 1 is 1.17 bits per heavy atom. The van der Waals surface area contributed by atoms with Crippen LogP contribution in [0.15, 0.2) is 29.1 Å². The van der Waals surface area contributed by atoms with Gasteiger partial charge in [-0.25, -0.2) is 4.98 Å². The molecule has 0 bridgehead atoms. The number of nitrogens with zero attached hydrogens (tertiary/aromatic N) is 2. The summed E-state index contributed by atoms with van der Waals surface area (Å²) in [5.41, 5.74) is 0.217. The number of H-pyrrole nitrogens is 1. The highest BCUT2D eigenvalue weighted by molar-refractivity contribution is 6.05. The number of hydrogen-bond acceptors (Lipinski definition) is 6. The van der Waals surface area contributed by atoms with Crippen molar-refractivity contribution in [1.29, 1.82) is 0 Å². The maximum atomic E-state index is 12.5. The van der Waals surface area contributed by atoms with Gasteiger partial charge in [-0.3, -0.25) is 24.1 Å². The lowest BCUT2D eigenvalue weighted by Gasteiger charge is -2.19. The summed E-state index contributed by atoms with van der Waals surface area (Å²) in [5, 5.41) is 0.460. The number of para-hydroxylation sites is 1. The summed E-state index contributed by atoms with van der Waals surface area (Å²) in [4.78, 5) is 57.6. The molecular weight excluding hydrogens is 374 g/mol. The van der Waals surface area contributed by atoms with Crippen LogP contribution in [0.2, 0.25) is 0 Å². The number of carbonyl (C=O) groups excluding carboxylic acids is 3. The molecule has 152 valence electrons. The van der Waals surface area contributed by atoms with Gasteiger partial charge in [0.1, 0.15) is 0 Å². The zero-order valence-corrected chi connectivity index (χ0v) is 16.2. The van der Waals surface area contributed by atoms with Gasteiger partial charge in [-0.2, -0.15) is 0 Å². The summed E-state index contributed by atoms with van der Waals surface area (Å²) in [6, 6.07) is 6.91. The molecule has 0 spiro atoms. The monoisotopic (exact) mass is 397 g/mol. The van der Waals surface area contributed by atoms with E-state index in [0.717, 1.165) is 25.7 Å².